The molecule has 136 valence electrons. The number of rotatable bonds is 2. The molecule has 0 bridgehead atoms. The number of urea groups is 2. The molecule has 1 saturated heterocycles. The number of amides is 4. The molecule has 3 aromatic carbocycles. The van der Waals surface area contributed by atoms with Crippen LogP contribution in [0.25, 0.3) is 6.08 Å². The summed E-state index contributed by atoms with van der Waals surface area (Å²) >= 11 is 0. The highest BCUT2D eigenvalue weighted by molar-refractivity contribution is 6.21. The molecule has 0 spiro atoms. The van der Waals surface area contributed by atoms with Crippen molar-refractivity contribution in [2.45, 2.75) is 6.17 Å². The van der Waals surface area contributed by atoms with Gasteiger partial charge in [-0.1, -0.05) is 60.7 Å². The molecule has 0 radical (unpaired) electrons. The molecule has 0 aliphatic carbocycles. The van der Waals surface area contributed by atoms with Crippen molar-refractivity contribution in [3.63, 3.8) is 0 Å². The van der Waals surface area contributed by atoms with Crippen LogP contribution in [0.15, 0.2) is 91.1 Å². The van der Waals surface area contributed by atoms with Crippen LogP contribution in [0.3, 0.4) is 0 Å². The Morgan fingerprint density at radius 1 is 0.643 bits per heavy atom. The summed E-state index contributed by atoms with van der Waals surface area (Å²) < 4.78 is 0. The molecule has 0 saturated carbocycles. The highest BCUT2D eigenvalue weighted by atomic mass is 16.2. The van der Waals surface area contributed by atoms with Gasteiger partial charge >= 0.3 is 12.1 Å². The molecule has 28 heavy (non-hydrogen) atoms. The number of carbonyl (C=O) groups excluding carboxylic acids is 2. The van der Waals surface area contributed by atoms with E-state index in [1.807, 2.05) is 78.9 Å². The number of para-hydroxylation sites is 2. The first kappa shape index (κ1) is 16.3. The first-order chi connectivity index (χ1) is 13.8. The van der Waals surface area contributed by atoms with E-state index < -0.39 is 6.17 Å². The minimum absolute atomic E-state index is 0.362. The van der Waals surface area contributed by atoms with Crippen molar-refractivity contribution in [1.29, 1.82) is 0 Å². The predicted octanol–water partition coefficient (Wildman–Crippen LogP) is 5.24. The summed E-state index contributed by atoms with van der Waals surface area (Å²) in [5.41, 5.74) is 3.20. The van der Waals surface area contributed by atoms with Crippen molar-refractivity contribution in [3.8, 4) is 0 Å². The Balaban J connectivity index is 1.71. The largest absolute Gasteiger partial charge is 0.339 e. The second-order valence-electron chi connectivity index (χ2n) is 6.67. The summed E-state index contributed by atoms with van der Waals surface area (Å²) in [4.78, 5) is 31.4. The van der Waals surface area contributed by atoms with Crippen molar-refractivity contribution in [1.82, 2.24) is 4.90 Å². The third-order valence-corrected chi connectivity index (χ3v) is 5.06. The summed E-state index contributed by atoms with van der Waals surface area (Å²) in [5, 5.41) is 0. The number of anilines is 2. The summed E-state index contributed by atoms with van der Waals surface area (Å²) in [6.07, 6.45) is 3.14. The Labute approximate surface area is 162 Å². The second kappa shape index (κ2) is 6.39. The third-order valence-electron chi connectivity index (χ3n) is 5.06. The molecule has 0 unspecified atom stereocenters. The third kappa shape index (κ3) is 2.41. The monoisotopic (exact) mass is 367 g/mol. The first-order valence-electron chi connectivity index (χ1n) is 9.08. The molecule has 3 aromatic rings. The standard InChI is InChI=1S/C23H17N3O2/c27-22-24-16-15-17-9-7-8-14-20(17)21(24)25(18-10-3-1-4-11-18)23(28)26(22)19-12-5-2-6-13-19/h1-16,21H/t21-/m0/s1. The number of imide groups is 1. The van der Waals surface area contributed by atoms with E-state index in [4.69, 9.17) is 0 Å². The molecule has 2 aliphatic rings. The van der Waals surface area contributed by atoms with Crippen LogP contribution in [0, 0.1) is 0 Å². The highest BCUT2D eigenvalue weighted by Gasteiger charge is 2.47. The van der Waals surface area contributed by atoms with Crippen LogP contribution < -0.4 is 9.80 Å². The summed E-state index contributed by atoms with van der Waals surface area (Å²) in [7, 11) is 0. The van der Waals surface area contributed by atoms with Crippen LogP contribution in [0.5, 0.6) is 0 Å². The van der Waals surface area contributed by atoms with Crippen molar-refractivity contribution in [2.75, 3.05) is 9.80 Å². The van der Waals surface area contributed by atoms with E-state index in [1.165, 1.54) is 4.90 Å². The lowest BCUT2D eigenvalue weighted by atomic mass is 9.99. The van der Waals surface area contributed by atoms with Crippen LogP contribution >= 0.6 is 0 Å². The number of carbonyl (C=O) groups is 2. The zero-order valence-corrected chi connectivity index (χ0v) is 15.0. The van der Waals surface area contributed by atoms with E-state index in [1.54, 1.807) is 28.1 Å². The minimum Gasteiger partial charge on any atom is -0.274 e. The molecule has 0 aromatic heterocycles. The van der Waals surface area contributed by atoms with E-state index in [2.05, 4.69) is 0 Å². The second-order valence-corrected chi connectivity index (χ2v) is 6.67. The highest BCUT2D eigenvalue weighted by Crippen LogP contribution is 2.41. The molecule has 5 rings (SSSR count). The van der Waals surface area contributed by atoms with Gasteiger partial charge in [-0.05, 0) is 35.9 Å². The van der Waals surface area contributed by atoms with Gasteiger partial charge in [0.15, 0.2) is 0 Å². The molecular formula is C23H17N3O2. The van der Waals surface area contributed by atoms with Crippen molar-refractivity contribution in [3.05, 3.63) is 102 Å². The van der Waals surface area contributed by atoms with Crippen LogP contribution in [-0.2, 0) is 0 Å². The fourth-order valence-electron chi connectivity index (χ4n) is 3.77. The van der Waals surface area contributed by atoms with E-state index in [0.717, 1.165) is 16.8 Å². The fraction of sp³-hybridized carbons (Fsp3) is 0.0435. The number of hydrogen-bond acceptors (Lipinski definition) is 2. The smallest absolute Gasteiger partial charge is 0.274 e. The van der Waals surface area contributed by atoms with Gasteiger partial charge < -0.3 is 0 Å². The fourth-order valence-corrected chi connectivity index (χ4v) is 3.77. The summed E-state index contributed by atoms with van der Waals surface area (Å²) in [6, 6.07) is 25.6. The molecule has 1 fully saturated rings. The Morgan fingerprint density at radius 2 is 1.25 bits per heavy atom. The average molecular weight is 367 g/mol. The predicted molar refractivity (Wildman–Crippen MR) is 109 cm³/mol. The Kier molecular flexibility index (Phi) is 3.72. The molecule has 0 N–H and O–H groups in total. The maximum absolute atomic E-state index is 13.6. The Bertz CT molecular complexity index is 1080. The molecule has 5 nitrogen and oxygen atoms in total. The summed E-state index contributed by atoms with van der Waals surface area (Å²) in [5.74, 6) is 0. The molecule has 4 amide bonds. The topological polar surface area (TPSA) is 43.9 Å². The molecular weight excluding hydrogens is 350 g/mol. The minimum atomic E-state index is -0.524. The van der Waals surface area contributed by atoms with Crippen LogP contribution in [-0.4, -0.2) is 17.0 Å². The van der Waals surface area contributed by atoms with Gasteiger partial charge in [-0.3, -0.25) is 9.80 Å². The zero-order chi connectivity index (χ0) is 19.1. The number of hydrogen-bond donors (Lipinski definition) is 0. The first-order valence-corrected chi connectivity index (χ1v) is 9.08. The van der Waals surface area contributed by atoms with Crippen LogP contribution in [0.2, 0.25) is 0 Å². The number of fused-ring (bicyclic) bond motifs is 3. The SMILES string of the molecule is O=C1N(c2ccccc2)C(=O)N(c2ccccc2)[C@H]2c3ccccc3C=CN12. The van der Waals surface area contributed by atoms with E-state index in [9.17, 15) is 9.59 Å². The maximum atomic E-state index is 13.6. The van der Waals surface area contributed by atoms with Gasteiger partial charge in [0.25, 0.3) is 0 Å². The normalized spacial score (nSPS) is 18.1. The number of nitrogens with zero attached hydrogens (tertiary/aromatic N) is 3. The van der Waals surface area contributed by atoms with Gasteiger partial charge in [0.05, 0.1) is 5.69 Å². The van der Waals surface area contributed by atoms with E-state index in [0.29, 0.717) is 5.69 Å². The van der Waals surface area contributed by atoms with Crippen LogP contribution in [0.4, 0.5) is 21.0 Å². The van der Waals surface area contributed by atoms with Gasteiger partial charge in [0, 0.05) is 17.5 Å². The molecule has 1 atom stereocenters. The van der Waals surface area contributed by atoms with Gasteiger partial charge in [-0.25, -0.2) is 14.5 Å². The molecule has 2 heterocycles. The zero-order valence-electron chi connectivity index (χ0n) is 15.0. The van der Waals surface area contributed by atoms with E-state index >= 15 is 0 Å². The summed E-state index contributed by atoms with van der Waals surface area (Å²) in [6.45, 7) is 0. The lowest BCUT2D eigenvalue weighted by Gasteiger charge is -2.47. The van der Waals surface area contributed by atoms with Crippen LogP contribution in [0.1, 0.15) is 17.3 Å². The number of benzene rings is 3. The van der Waals surface area contributed by atoms with Crippen molar-refractivity contribution in [2.24, 2.45) is 0 Å². The van der Waals surface area contributed by atoms with Gasteiger partial charge in [0.2, 0.25) is 0 Å². The van der Waals surface area contributed by atoms with Gasteiger partial charge in [-0.2, -0.15) is 0 Å². The van der Waals surface area contributed by atoms with Crippen molar-refractivity contribution < 1.29 is 9.59 Å². The molecule has 2 aliphatic heterocycles. The maximum Gasteiger partial charge on any atom is 0.339 e. The van der Waals surface area contributed by atoms with Gasteiger partial charge in [0.1, 0.15) is 6.17 Å². The Hall–Kier alpha value is -3.86. The lowest BCUT2D eigenvalue weighted by molar-refractivity contribution is 0.189. The lowest BCUT2D eigenvalue weighted by Crippen LogP contribution is -2.62. The molecule has 5 heteroatoms. The Morgan fingerprint density at radius 3 is 1.96 bits per heavy atom. The quantitative estimate of drug-likeness (QED) is 0.622. The van der Waals surface area contributed by atoms with E-state index in [-0.39, 0.29) is 12.1 Å². The van der Waals surface area contributed by atoms with Crippen molar-refractivity contribution >= 4 is 29.5 Å². The van der Waals surface area contributed by atoms with Gasteiger partial charge in [-0.15, -0.1) is 0 Å². The average Bonchev–Trinajstić information content (AvgIpc) is 2.75.